The highest BCUT2D eigenvalue weighted by Crippen LogP contribution is 2.32. The Labute approximate surface area is 154 Å². The highest BCUT2D eigenvalue weighted by atomic mass is 32.1. The van der Waals surface area contributed by atoms with Gasteiger partial charge in [-0.05, 0) is 50.7 Å². The average molecular weight is 364 g/mol. The molecule has 6 nitrogen and oxygen atoms in total. The van der Waals surface area contributed by atoms with E-state index < -0.39 is 0 Å². The maximum absolute atomic E-state index is 5.77. The lowest BCUT2D eigenvalue weighted by atomic mass is 9.99. The van der Waals surface area contributed by atoms with Gasteiger partial charge in [-0.3, -0.25) is 0 Å². The van der Waals surface area contributed by atoms with Crippen LogP contribution in [0.1, 0.15) is 31.9 Å². The Balaban J connectivity index is 1.79. The second-order valence-corrected chi connectivity index (χ2v) is 6.58. The number of quaternary nitrogens is 1. The summed E-state index contributed by atoms with van der Waals surface area (Å²) in [6.07, 6.45) is 2.85. The Kier molecular flexibility index (Phi) is 5.75. The predicted octanol–water partition coefficient (Wildman–Crippen LogP) is 1.83. The first-order valence-corrected chi connectivity index (χ1v) is 9.44. The maximum atomic E-state index is 5.77. The Bertz CT molecular complexity index is 784. The molecule has 3 rings (SSSR count). The number of fused-ring (bicyclic) bond motifs is 1. The highest BCUT2D eigenvalue weighted by Gasteiger charge is 2.23. The molecule has 0 amide bonds. The Morgan fingerprint density at radius 2 is 1.80 bits per heavy atom. The van der Waals surface area contributed by atoms with Crippen molar-refractivity contribution in [1.82, 2.24) is 14.3 Å². The van der Waals surface area contributed by atoms with E-state index in [1.54, 1.807) is 0 Å². The normalized spacial score (nSPS) is 16.5. The summed E-state index contributed by atoms with van der Waals surface area (Å²) < 4.78 is 16.2. The van der Waals surface area contributed by atoms with Crippen LogP contribution < -0.4 is 14.4 Å². The number of hydrogen-bond acceptors (Lipinski definition) is 4. The van der Waals surface area contributed by atoms with Crippen LogP contribution in [-0.4, -0.2) is 34.1 Å². The van der Waals surface area contributed by atoms with E-state index >= 15 is 0 Å². The van der Waals surface area contributed by atoms with Crippen LogP contribution >= 0.6 is 12.2 Å². The van der Waals surface area contributed by atoms with Crippen LogP contribution in [0.4, 0.5) is 0 Å². The number of nitrogens with one attached hydrogen (secondary N) is 1. The number of benzene rings is 1. The largest absolute Gasteiger partial charge is 0.490 e. The van der Waals surface area contributed by atoms with Crippen molar-refractivity contribution >= 4 is 12.2 Å². The van der Waals surface area contributed by atoms with Gasteiger partial charge >= 0.3 is 0 Å². The molecule has 1 atom stereocenters. The van der Waals surface area contributed by atoms with Gasteiger partial charge in [-0.1, -0.05) is 0 Å². The number of rotatable bonds is 7. The molecule has 0 spiro atoms. The molecule has 25 heavy (non-hydrogen) atoms. The lowest BCUT2D eigenvalue weighted by Gasteiger charge is -2.26. The van der Waals surface area contributed by atoms with E-state index in [9.17, 15) is 0 Å². The summed E-state index contributed by atoms with van der Waals surface area (Å²) in [7, 11) is 0. The van der Waals surface area contributed by atoms with Crippen LogP contribution in [0.3, 0.4) is 0 Å². The summed E-state index contributed by atoms with van der Waals surface area (Å²) in [5, 5.41) is 4.43. The zero-order chi connectivity index (χ0) is 17.8. The minimum Gasteiger partial charge on any atom is -0.490 e. The molecule has 1 aromatic heterocycles. The van der Waals surface area contributed by atoms with E-state index in [0.29, 0.717) is 13.2 Å². The molecule has 136 valence electrons. The predicted molar refractivity (Wildman–Crippen MR) is 98.7 cm³/mol. The van der Waals surface area contributed by atoms with Crippen molar-refractivity contribution in [2.45, 2.75) is 47.0 Å². The van der Waals surface area contributed by atoms with Gasteiger partial charge in [-0.2, -0.15) is 9.78 Å². The van der Waals surface area contributed by atoms with Gasteiger partial charge in [-0.15, -0.1) is 0 Å². The quantitative estimate of drug-likeness (QED) is 0.763. The van der Waals surface area contributed by atoms with Crippen LogP contribution in [0.5, 0.6) is 11.5 Å². The molecule has 1 unspecified atom stereocenters. The van der Waals surface area contributed by atoms with Crippen LogP contribution in [-0.2, 0) is 26.2 Å². The Morgan fingerprint density at radius 3 is 2.40 bits per heavy atom. The molecule has 0 saturated carbocycles. The van der Waals surface area contributed by atoms with Crippen LogP contribution in [0.15, 0.2) is 18.5 Å². The smallest absolute Gasteiger partial charge is 0.202 e. The Morgan fingerprint density at radius 1 is 1.12 bits per heavy atom. The number of hydrogen-bond donors (Lipinski definition) is 1. The maximum Gasteiger partial charge on any atom is 0.202 e. The van der Waals surface area contributed by atoms with Crippen molar-refractivity contribution in [2.75, 3.05) is 19.8 Å². The van der Waals surface area contributed by atoms with Crippen molar-refractivity contribution in [2.24, 2.45) is 0 Å². The van der Waals surface area contributed by atoms with Crippen molar-refractivity contribution in [1.29, 1.82) is 0 Å². The molecule has 0 radical (unpaired) electrons. The fourth-order valence-corrected chi connectivity index (χ4v) is 3.58. The molecule has 1 aromatic carbocycles. The van der Waals surface area contributed by atoms with Crippen LogP contribution in [0.25, 0.3) is 0 Å². The number of aryl methyl sites for hydroxylation is 1. The highest BCUT2D eigenvalue weighted by molar-refractivity contribution is 7.71. The molecule has 1 aliphatic heterocycles. The second kappa shape index (κ2) is 8.01. The molecule has 2 aromatic rings. The zero-order valence-corrected chi connectivity index (χ0v) is 16.1. The SMILES string of the molecule is CCOc1cc2c(cc1OCC)C[NH+](Cn1ncn(CC)c1=S)CC2. The third kappa shape index (κ3) is 3.88. The van der Waals surface area contributed by atoms with E-state index in [0.717, 1.165) is 49.0 Å². The van der Waals surface area contributed by atoms with Gasteiger partial charge in [0.2, 0.25) is 4.77 Å². The van der Waals surface area contributed by atoms with Crippen molar-refractivity contribution in [3.63, 3.8) is 0 Å². The fourth-order valence-electron chi connectivity index (χ4n) is 3.29. The summed E-state index contributed by atoms with van der Waals surface area (Å²) >= 11 is 5.49. The van der Waals surface area contributed by atoms with Gasteiger partial charge in [0.15, 0.2) is 18.2 Å². The summed E-state index contributed by atoms with van der Waals surface area (Å²) in [6, 6.07) is 4.30. The third-order valence-corrected chi connectivity index (χ3v) is 5.01. The molecule has 1 N–H and O–H groups in total. The van der Waals surface area contributed by atoms with Gasteiger partial charge in [-0.25, -0.2) is 0 Å². The molecular formula is C18H27N4O2S+. The standard InChI is InChI=1S/C18H26N4O2S/c1-4-21-12-19-22(18(21)25)13-20-8-7-14-9-16(23-5-2)17(24-6-3)10-15(14)11-20/h9-10,12H,4-8,11,13H2,1-3H3/p+1. The lowest BCUT2D eigenvalue weighted by molar-refractivity contribution is -0.939. The van der Waals surface area contributed by atoms with E-state index in [2.05, 4.69) is 24.2 Å². The first kappa shape index (κ1) is 17.9. The second-order valence-electron chi connectivity index (χ2n) is 6.22. The van der Waals surface area contributed by atoms with Gasteiger partial charge < -0.3 is 18.9 Å². The first-order chi connectivity index (χ1) is 12.2. The number of ether oxygens (including phenoxy) is 2. The van der Waals surface area contributed by atoms with Gasteiger partial charge in [0.25, 0.3) is 0 Å². The van der Waals surface area contributed by atoms with E-state index in [1.807, 2.05) is 29.4 Å². The Hall–Kier alpha value is -1.86. The molecule has 0 saturated heterocycles. The van der Waals surface area contributed by atoms with Crippen molar-refractivity contribution in [3.8, 4) is 11.5 Å². The van der Waals surface area contributed by atoms with Crippen LogP contribution in [0, 0.1) is 4.77 Å². The summed E-state index contributed by atoms with van der Waals surface area (Å²) in [6.45, 7) is 11.0. The summed E-state index contributed by atoms with van der Waals surface area (Å²) in [4.78, 5) is 1.46. The minimum absolute atomic E-state index is 0.638. The first-order valence-electron chi connectivity index (χ1n) is 9.03. The van der Waals surface area contributed by atoms with Gasteiger partial charge in [0.1, 0.15) is 12.9 Å². The lowest BCUT2D eigenvalue weighted by Crippen LogP contribution is -3.11. The third-order valence-electron chi connectivity index (χ3n) is 4.56. The molecule has 0 aliphatic carbocycles. The number of nitrogens with zero attached hydrogens (tertiary/aromatic N) is 3. The van der Waals surface area contributed by atoms with Gasteiger partial charge in [0.05, 0.1) is 19.8 Å². The summed E-state index contributed by atoms with van der Waals surface area (Å²) in [5.41, 5.74) is 2.69. The van der Waals surface area contributed by atoms with E-state index in [-0.39, 0.29) is 0 Å². The van der Waals surface area contributed by atoms with E-state index in [4.69, 9.17) is 21.7 Å². The van der Waals surface area contributed by atoms with E-state index in [1.165, 1.54) is 16.0 Å². The zero-order valence-electron chi connectivity index (χ0n) is 15.2. The monoisotopic (exact) mass is 363 g/mol. The topological polar surface area (TPSA) is 45.6 Å². The molecule has 1 aliphatic rings. The summed E-state index contributed by atoms with van der Waals surface area (Å²) in [5.74, 6) is 1.70. The molecular weight excluding hydrogens is 336 g/mol. The average Bonchev–Trinajstić information content (AvgIpc) is 2.96. The molecule has 2 heterocycles. The van der Waals surface area contributed by atoms with Gasteiger partial charge in [0, 0.05) is 18.5 Å². The van der Waals surface area contributed by atoms with Crippen LogP contribution in [0.2, 0.25) is 0 Å². The molecule has 7 heteroatoms. The number of aromatic nitrogens is 3. The fraction of sp³-hybridized carbons (Fsp3) is 0.556. The van der Waals surface area contributed by atoms with Crippen molar-refractivity contribution in [3.05, 3.63) is 34.4 Å². The molecule has 0 bridgehead atoms. The minimum atomic E-state index is 0.638. The molecule has 0 fully saturated rings. The van der Waals surface area contributed by atoms with Crippen molar-refractivity contribution < 1.29 is 14.4 Å².